The Bertz CT molecular complexity index is 1590. The lowest BCUT2D eigenvalue weighted by atomic mass is 9.64. The summed E-state index contributed by atoms with van der Waals surface area (Å²) in [4.78, 5) is 14.6. The number of sulfonamides is 1. The molecule has 1 aliphatic carbocycles. The summed E-state index contributed by atoms with van der Waals surface area (Å²) >= 11 is 0. The fourth-order valence-electron chi connectivity index (χ4n) is 5.46. The Balaban J connectivity index is 1.65. The number of anilines is 1. The molecule has 4 aromatic carbocycles. The normalized spacial score (nSPS) is 18.5. The molecule has 0 bridgehead atoms. The molecule has 0 radical (unpaired) electrons. The van der Waals surface area contributed by atoms with Gasteiger partial charge in [0.05, 0.1) is 10.6 Å². The van der Waals surface area contributed by atoms with Crippen LogP contribution in [-0.2, 0) is 26.7 Å². The van der Waals surface area contributed by atoms with Crippen LogP contribution in [0.1, 0.15) is 27.8 Å². The number of carbonyl (C=O) groups excluding carboxylic acids is 1. The highest BCUT2D eigenvalue weighted by Crippen LogP contribution is 2.55. The number of hydrogen-bond donors (Lipinski definition) is 0. The molecule has 2 aliphatic rings. The minimum absolute atomic E-state index is 0.111. The second kappa shape index (κ2) is 7.15. The molecule has 0 saturated carbocycles. The van der Waals surface area contributed by atoms with Crippen LogP contribution in [0, 0.1) is 13.8 Å². The number of aryl methyl sites for hydroxylation is 2. The lowest BCUT2D eigenvalue weighted by molar-refractivity contribution is -0.120. The smallest absolute Gasteiger partial charge is 0.270 e. The van der Waals surface area contributed by atoms with Crippen molar-refractivity contribution in [3.05, 3.63) is 119 Å². The van der Waals surface area contributed by atoms with Crippen LogP contribution >= 0.6 is 0 Å². The van der Waals surface area contributed by atoms with Crippen LogP contribution in [0.3, 0.4) is 0 Å². The number of rotatable bonds is 2. The number of hydrogen-bond acceptors (Lipinski definition) is 3. The van der Waals surface area contributed by atoms with Gasteiger partial charge in [-0.3, -0.25) is 4.79 Å². The molecular weight excluding hydrogens is 442 g/mol. The van der Waals surface area contributed by atoms with Crippen molar-refractivity contribution in [2.24, 2.45) is 0 Å². The van der Waals surface area contributed by atoms with Crippen LogP contribution in [0.4, 0.5) is 5.69 Å². The summed E-state index contributed by atoms with van der Waals surface area (Å²) in [5.41, 5.74) is 5.97. The van der Waals surface area contributed by atoms with Gasteiger partial charge in [-0.05, 0) is 66.3 Å². The molecule has 168 valence electrons. The van der Waals surface area contributed by atoms with Crippen molar-refractivity contribution in [3.8, 4) is 11.1 Å². The Morgan fingerprint density at radius 3 is 2.15 bits per heavy atom. The van der Waals surface area contributed by atoms with E-state index in [2.05, 4.69) is 6.07 Å². The SMILES string of the molecule is Cc1ccc(S(=O)(=O)N2C(=O)C3(Cc4ccccc4-c4ccccc43)c3cc(C)ccc32)cc1. The third kappa shape index (κ3) is 2.71. The quantitative estimate of drug-likeness (QED) is 0.390. The van der Waals surface area contributed by atoms with Gasteiger partial charge in [0.1, 0.15) is 5.41 Å². The van der Waals surface area contributed by atoms with Crippen molar-refractivity contribution < 1.29 is 13.2 Å². The van der Waals surface area contributed by atoms with Crippen LogP contribution in [-0.4, -0.2) is 14.3 Å². The van der Waals surface area contributed by atoms with E-state index >= 15 is 0 Å². The summed E-state index contributed by atoms with van der Waals surface area (Å²) in [7, 11) is -4.10. The second-order valence-corrected chi connectivity index (χ2v) is 11.0. The molecule has 4 aromatic rings. The predicted octanol–water partition coefficient (Wildman–Crippen LogP) is 5.55. The zero-order valence-corrected chi connectivity index (χ0v) is 19.8. The van der Waals surface area contributed by atoms with E-state index in [4.69, 9.17) is 0 Å². The van der Waals surface area contributed by atoms with Gasteiger partial charge in [-0.1, -0.05) is 83.9 Å². The third-order valence-electron chi connectivity index (χ3n) is 7.09. The maximum Gasteiger partial charge on any atom is 0.270 e. The van der Waals surface area contributed by atoms with Gasteiger partial charge in [0.15, 0.2) is 0 Å². The van der Waals surface area contributed by atoms with E-state index in [1.54, 1.807) is 30.3 Å². The molecule has 6 rings (SSSR count). The molecule has 5 heteroatoms. The molecule has 1 amide bonds. The Morgan fingerprint density at radius 1 is 0.735 bits per heavy atom. The first-order valence-corrected chi connectivity index (χ1v) is 12.7. The van der Waals surface area contributed by atoms with Crippen molar-refractivity contribution >= 4 is 21.6 Å². The van der Waals surface area contributed by atoms with Gasteiger partial charge in [-0.15, -0.1) is 0 Å². The Hall–Kier alpha value is -3.70. The first-order valence-electron chi connectivity index (χ1n) is 11.3. The molecule has 4 nitrogen and oxygen atoms in total. The number of carbonyl (C=O) groups is 1. The predicted molar refractivity (Wildman–Crippen MR) is 133 cm³/mol. The van der Waals surface area contributed by atoms with E-state index in [9.17, 15) is 13.2 Å². The fraction of sp³-hybridized carbons (Fsp3) is 0.138. The van der Waals surface area contributed by atoms with Crippen LogP contribution in [0.2, 0.25) is 0 Å². The first kappa shape index (κ1) is 20.9. The summed E-state index contributed by atoms with van der Waals surface area (Å²) in [5, 5.41) is 0. The Morgan fingerprint density at radius 2 is 1.38 bits per heavy atom. The molecule has 1 aliphatic heterocycles. The van der Waals surface area contributed by atoms with Crippen LogP contribution in [0.5, 0.6) is 0 Å². The maximum atomic E-state index is 14.5. The molecule has 1 atom stereocenters. The first-order chi connectivity index (χ1) is 16.3. The highest BCUT2D eigenvalue weighted by Gasteiger charge is 2.57. The van der Waals surface area contributed by atoms with Gasteiger partial charge >= 0.3 is 0 Å². The van der Waals surface area contributed by atoms with Crippen molar-refractivity contribution in [2.75, 3.05) is 4.31 Å². The van der Waals surface area contributed by atoms with Crippen molar-refractivity contribution in [2.45, 2.75) is 30.6 Å². The Labute approximate surface area is 199 Å². The zero-order valence-electron chi connectivity index (χ0n) is 18.9. The van der Waals surface area contributed by atoms with E-state index in [1.807, 2.05) is 68.4 Å². The molecule has 1 spiro atoms. The summed E-state index contributed by atoms with van der Waals surface area (Å²) in [6, 6.07) is 28.2. The maximum absolute atomic E-state index is 14.5. The summed E-state index contributed by atoms with van der Waals surface area (Å²) < 4.78 is 28.8. The highest BCUT2D eigenvalue weighted by molar-refractivity contribution is 7.93. The van der Waals surface area contributed by atoms with E-state index in [0.29, 0.717) is 12.1 Å². The van der Waals surface area contributed by atoms with Gasteiger partial charge in [-0.2, -0.15) is 0 Å². The van der Waals surface area contributed by atoms with Gasteiger partial charge in [-0.25, -0.2) is 12.7 Å². The lowest BCUT2D eigenvalue weighted by Crippen LogP contribution is -2.46. The zero-order chi connectivity index (χ0) is 23.7. The van der Waals surface area contributed by atoms with Crippen molar-refractivity contribution in [1.82, 2.24) is 0 Å². The van der Waals surface area contributed by atoms with Crippen molar-refractivity contribution in [3.63, 3.8) is 0 Å². The molecular formula is C29H23NO3S. The minimum Gasteiger partial charge on any atom is -0.272 e. The van der Waals surface area contributed by atoms with Gasteiger partial charge in [0.2, 0.25) is 0 Å². The summed E-state index contributed by atoms with van der Waals surface area (Å²) in [5.74, 6) is -0.421. The average Bonchev–Trinajstić information content (AvgIpc) is 3.08. The topological polar surface area (TPSA) is 54.5 Å². The average molecular weight is 466 g/mol. The van der Waals surface area contributed by atoms with E-state index in [0.717, 1.165) is 43.2 Å². The van der Waals surface area contributed by atoms with Crippen LogP contribution in [0.15, 0.2) is 95.9 Å². The largest absolute Gasteiger partial charge is 0.272 e. The van der Waals surface area contributed by atoms with E-state index in [1.165, 1.54) is 0 Å². The van der Waals surface area contributed by atoms with Gasteiger partial charge in [0.25, 0.3) is 15.9 Å². The van der Waals surface area contributed by atoms with Crippen LogP contribution < -0.4 is 4.31 Å². The highest BCUT2D eigenvalue weighted by atomic mass is 32.2. The number of fused-ring (bicyclic) bond motifs is 6. The third-order valence-corrected chi connectivity index (χ3v) is 8.80. The monoisotopic (exact) mass is 465 g/mol. The number of amides is 1. The van der Waals surface area contributed by atoms with Gasteiger partial charge in [0, 0.05) is 0 Å². The summed E-state index contributed by atoms with van der Waals surface area (Å²) in [6.45, 7) is 3.87. The summed E-state index contributed by atoms with van der Waals surface area (Å²) in [6.07, 6.45) is 0.412. The van der Waals surface area contributed by atoms with E-state index in [-0.39, 0.29) is 4.90 Å². The lowest BCUT2D eigenvalue weighted by Gasteiger charge is -2.36. The van der Waals surface area contributed by atoms with Crippen LogP contribution in [0.25, 0.3) is 11.1 Å². The molecule has 0 aromatic heterocycles. The molecule has 0 N–H and O–H groups in total. The fourth-order valence-corrected chi connectivity index (χ4v) is 6.94. The van der Waals surface area contributed by atoms with Crippen molar-refractivity contribution in [1.29, 1.82) is 0 Å². The number of nitrogens with zero attached hydrogens (tertiary/aromatic N) is 1. The minimum atomic E-state index is -4.10. The molecule has 1 heterocycles. The molecule has 0 saturated heterocycles. The van der Waals surface area contributed by atoms with Gasteiger partial charge < -0.3 is 0 Å². The van der Waals surface area contributed by atoms with E-state index < -0.39 is 21.3 Å². The standard InChI is InChI=1S/C29H23NO3S/c1-19-11-14-22(15-12-19)34(32,33)30-27-16-13-20(2)17-26(27)29(28(30)31)18-21-7-3-4-8-23(21)24-9-5-6-10-25(24)29/h3-17H,18H2,1-2H3. The molecule has 1 unspecified atom stereocenters. The molecule has 34 heavy (non-hydrogen) atoms. The Kier molecular flexibility index (Phi) is 4.39. The second-order valence-electron chi connectivity index (χ2n) is 9.19. The number of benzene rings is 4. The molecule has 0 fully saturated rings.